The van der Waals surface area contributed by atoms with Gasteiger partial charge in [-0.15, -0.1) is 0 Å². The Kier molecular flexibility index (Phi) is 3.05. The Morgan fingerprint density at radius 3 is 2.73 bits per heavy atom. The Bertz CT molecular complexity index is 317. The van der Waals surface area contributed by atoms with Gasteiger partial charge in [-0.1, -0.05) is 25.4 Å². The average Bonchev–Trinajstić information content (AvgIpc) is 2.48. The molecule has 84 valence electrons. The van der Waals surface area contributed by atoms with Gasteiger partial charge in [-0.25, -0.2) is 0 Å². The molecule has 4 heteroatoms. The molecule has 2 rings (SSSR count). The molecule has 1 atom stereocenters. The van der Waals surface area contributed by atoms with E-state index >= 15 is 0 Å². The van der Waals surface area contributed by atoms with Gasteiger partial charge in [0.1, 0.15) is 0 Å². The third-order valence-corrected chi connectivity index (χ3v) is 2.97. The molecule has 1 fully saturated rings. The first kappa shape index (κ1) is 10.6. The minimum Gasteiger partial charge on any atom is -0.338 e. The van der Waals surface area contributed by atoms with Gasteiger partial charge in [0.2, 0.25) is 5.89 Å². The first-order valence-corrected chi connectivity index (χ1v) is 5.76. The van der Waals surface area contributed by atoms with Crippen LogP contribution in [0.4, 0.5) is 0 Å². The van der Waals surface area contributed by atoms with E-state index in [9.17, 15) is 0 Å². The number of hydrogen-bond acceptors (Lipinski definition) is 4. The first-order chi connectivity index (χ1) is 7.16. The zero-order valence-corrected chi connectivity index (χ0v) is 9.44. The maximum atomic E-state index is 5.97. The van der Waals surface area contributed by atoms with Crippen LogP contribution in [0.3, 0.4) is 0 Å². The summed E-state index contributed by atoms with van der Waals surface area (Å²) in [6.45, 7) is 4.28. The van der Waals surface area contributed by atoms with Gasteiger partial charge in [0, 0.05) is 5.92 Å². The monoisotopic (exact) mass is 209 g/mol. The van der Waals surface area contributed by atoms with Crippen LogP contribution in [0.25, 0.3) is 0 Å². The molecule has 15 heavy (non-hydrogen) atoms. The number of rotatable bonds is 4. The van der Waals surface area contributed by atoms with E-state index in [4.69, 9.17) is 10.3 Å². The van der Waals surface area contributed by atoms with Crippen LogP contribution in [0.5, 0.6) is 0 Å². The van der Waals surface area contributed by atoms with Crippen molar-refractivity contribution in [1.82, 2.24) is 10.1 Å². The Morgan fingerprint density at radius 1 is 1.47 bits per heavy atom. The molecule has 0 aromatic carbocycles. The zero-order chi connectivity index (χ0) is 10.8. The van der Waals surface area contributed by atoms with Crippen LogP contribution in [-0.4, -0.2) is 10.1 Å². The number of aromatic nitrogens is 2. The second kappa shape index (κ2) is 4.31. The van der Waals surface area contributed by atoms with E-state index in [0.29, 0.717) is 17.7 Å². The highest BCUT2D eigenvalue weighted by molar-refractivity contribution is 5.01. The molecule has 1 aliphatic carbocycles. The largest absolute Gasteiger partial charge is 0.338 e. The van der Waals surface area contributed by atoms with Gasteiger partial charge in [-0.2, -0.15) is 4.98 Å². The molecule has 0 unspecified atom stereocenters. The number of nitrogens with zero attached hydrogens (tertiary/aromatic N) is 2. The van der Waals surface area contributed by atoms with Crippen molar-refractivity contribution in [2.24, 2.45) is 11.7 Å². The van der Waals surface area contributed by atoms with Crippen molar-refractivity contribution in [2.45, 2.75) is 51.5 Å². The first-order valence-electron chi connectivity index (χ1n) is 5.76. The summed E-state index contributed by atoms with van der Waals surface area (Å²) < 4.78 is 5.20. The van der Waals surface area contributed by atoms with Gasteiger partial charge in [-0.05, 0) is 25.2 Å². The van der Waals surface area contributed by atoms with Gasteiger partial charge in [0.05, 0.1) is 6.04 Å². The van der Waals surface area contributed by atoms with Crippen molar-refractivity contribution >= 4 is 0 Å². The van der Waals surface area contributed by atoms with Gasteiger partial charge < -0.3 is 10.3 Å². The molecular weight excluding hydrogens is 190 g/mol. The van der Waals surface area contributed by atoms with Gasteiger partial charge in [0.15, 0.2) is 5.82 Å². The van der Waals surface area contributed by atoms with Crippen molar-refractivity contribution in [3.8, 4) is 0 Å². The molecule has 1 aromatic rings. The van der Waals surface area contributed by atoms with Crippen LogP contribution in [0, 0.1) is 5.92 Å². The maximum absolute atomic E-state index is 5.97. The minimum absolute atomic E-state index is 0.105. The quantitative estimate of drug-likeness (QED) is 0.826. The highest BCUT2D eigenvalue weighted by Crippen LogP contribution is 2.34. The molecule has 0 aliphatic heterocycles. The summed E-state index contributed by atoms with van der Waals surface area (Å²) in [4.78, 5) is 4.38. The van der Waals surface area contributed by atoms with Crippen molar-refractivity contribution in [3.63, 3.8) is 0 Å². The van der Waals surface area contributed by atoms with Crippen LogP contribution < -0.4 is 5.73 Å². The van der Waals surface area contributed by atoms with Crippen molar-refractivity contribution < 1.29 is 4.52 Å². The van der Waals surface area contributed by atoms with Crippen LogP contribution in [0.15, 0.2) is 4.52 Å². The molecule has 0 amide bonds. The molecule has 0 spiro atoms. The normalized spacial score (nSPS) is 19.2. The molecule has 2 N–H and O–H groups in total. The fraction of sp³-hybridized carbons (Fsp3) is 0.818. The van der Waals surface area contributed by atoms with Crippen LogP contribution in [-0.2, 0) is 0 Å². The highest BCUT2D eigenvalue weighted by atomic mass is 16.5. The summed E-state index contributed by atoms with van der Waals surface area (Å²) in [6.07, 6.45) is 4.57. The summed E-state index contributed by atoms with van der Waals surface area (Å²) in [5.74, 6) is 2.54. The van der Waals surface area contributed by atoms with E-state index in [1.165, 1.54) is 19.3 Å². The smallest absolute Gasteiger partial charge is 0.243 e. The molecule has 0 bridgehead atoms. The van der Waals surface area contributed by atoms with E-state index in [2.05, 4.69) is 24.0 Å². The van der Waals surface area contributed by atoms with Crippen molar-refractivity contribution in [1.29, 1.82) is 0 Å². The summed E-state index contributed by atoms with van der Waals surface area (Å²) in [5.41, 5.74) is 5.97. The Balaban J connectivity index is 1.99. The lowest BCUT2D eigenvalue weighted by molar-refractivity contribution is 0.322. The van der Waals surface area contributed by atoms with E-state index in [1.54, 1.807) is 0 Å². The summed E-state index contributed by atoms with van der Waals surface area (Å²) in [7, 11) is 0. The molecule has 1 aromatic heterocycles. The number of nitrogens with two attached hydrogens (primary N) is 1. The second-order valence-corrected chi connectivity index (χ2v) is 4.85. The number of hydrogen-bond donors (Lipinski definition) is 1. The predicted octanol–water partition coefficient (Wildman–Crippen LogP) is 2.38. The SMILES string of the molecule is CC(C)C[C@H](N)c1nc(C2CCC2)no1. The maximum Gasteiger partial charge on any atom is 0.243 e. The lowest BCUT2D eigenvalue weighted by Gasteiger charge is -2.21. The summed E-state index contributed by atoms with van der Waals surface area (Å²) >= 11 is 0. The van der Waals surface area contributed by atoms with E-state index in [-0.39, 0.29) is 6.04 Å². The fourth-order valence-corrected chi connectivity index (χ4v) is 1.84. The Hall–Kier alpha value is -0.900. The van der Waals surface area contributed by atoms with Crippen LogP contribution in [0.2, 0.25) is 0 Å². The molecule has 1 heterocycles. The third-order valence-electron chi connectivity index (χ3n) is 2.97. The van der Waals surface area contributed by atoms with Crippen molar-refractivity contribution in [2.75, 3.05) is 0 Å². The minimum atomic E-state index is -0.105. The Morgan fingerprint density at radius 2 is 2.20 bits per heavy atom. The van der Waals surface area contributed by atoms with E-state index < -0.39 is 0 Å². The second-order valence-electron chi connectivity index (χ2n) is 4.85. The molecule has 1 aliphatic rings. The fourth-order valence-electron chi connectivity index (χ4n) is 1.84. The van der Waals surface area contributed by atoms with E-state index in [0.717, 1.165) is 12.2 Å². The molecular formula is C11H19N3O. The van der Waals surface area contributed by atoms with Gasteiger partial charge in [-0.3, -0.25) is 0 Å². The topological polar surface area (TPSA) is 64.9 Å². The molecule has 0 saturated heterocycles. The average molecular weight is 209 g/mol. The van der Waals surface area contributed by atoms with Gasteiger partial charge >= 0.3 is 0 Å². The third kappa shape index (κ3) is 2.37. The molecule has 1 saturated carbocycles. The summed E-state index contributed by atoms with van der Waals surface area (Å²) in [5, 5.41) is 4.00. The molecule has 0 radical (unpaired) electrons. The van der Waals surface area contributed by atoms with Crippen LogP contribution >= 0.6 is 0 Å². The predicted molar refractivity (Wildman–Crippen MR) is 57.3 cm³/mol. The van der Waals surface area contributed by atoms with Crippen LogP contribution in [0.1, 0.15) is 63.2 Å². The molecule has 4 nitrogen and oxygen atoms in total. The Labute approximate surface area is 90.2 Å². The van der Waals surface area contributed by atoms with Crippen molar-refractivity contribution in [3.05, 3.63) is 11.7 Å². The standard InChI is InChI=1S/C11H19N3O/c1-7(2)6-9(12)11-13-10(14-15-11)8-4-3-5-8/h7-9H,3-6,12H2,1-2H3/t9-/m0/s1. The zero-order valence-electron chi connectivity index (χ0n) is 9.44. The lowest BCUT2D eigenvalue weighted by atomic mass is 9.85. The highest BCUT2D eigenvalue weighted by Gasteiger charge is 2.26. The summed E-state index contributed by atoms with van der Waals surface area (Å²) in [6, 6.07) is -0.105. The lowest BCUT2D eigenvalue weighted by Crippen LogP contribution is -2.14. The van der Waals surface area contributed by atoms with Gasteiger partial charge in [0.25, 0.3) is 0 Å². The van der Waals surface area contributed by atoms with E-state index in [1.807, 2.05) is 0 Å².